The molecule has 0 spiro atoms. The number of anilines is 1. The second-order valence-corrected chi connectivity index (χ2v) is 6.08. The van der Waals surface area contributed by atoms with Gasteiger partial charge in [-0.3, -0.25) is 9.36 Å². The summed E-state index contributed by atoms with van der Waals surface area (Å²) >= 11 is 6.11. The van der Waals surface area contributed by atoms with Gasteiger partial charge in [0.05, 0.1) is 34.8 Å². The second kappa shape index (κ2) is 6.26. The van der Waals surface area contributed by atoms with Crippen LogP contribution in [0.15, 0.2) is 53.6 Å². The molecular weight excluding hydrogens is 326 g/mol. The van der Waals surface area contributed by atoms with Crippen LogP contribution in [0.5, 0.6) is 0 Å². The summed E-state index contributed by atoms with van der Waals surface area (Å²) < 4.78 is 6.92. The van der Waals surface area contributed by atoms with Crippen molar-refractivity contribution in [3.05, 3.63) is 64.2 Å². The molecule has 1 saturated heterocycles. The molecule has 1 aliphatic rings. The van der Waals surface area contributed by atoms with Gasteiger partial charge in [-0.05, 0) is 36.4 Å². The van der Waals surface area contributed by atoms with E-state index in [0.717, 1.165) is 37.7 Å². The van der Waals surface area contributed by atoms with E-state index in [1.165, 1.54) is 6.33 Å². The largest absolute Gasteiger partial charge is 0.378 e. The molecule has 0 N–H and O–H groups in total. The Hall–Kier alpha value is -2.37. The van der Waals surface area contributed by atoms with E-state index < -0.39 is 0 Å². The highest BCUT2D eigenvalue weighted by Crippen LogP contribution is 2.20. The zero-order chi connectivity index (χ0) is 16.5. The van der Waals surface area contributed by atoms with Crippen LogP contribution in [0.2, 0.25) is 5.02 Å². The molecule has 0 amide bonds. The summed E-state index contributed by atoms with van der Waals surface area (Å²) in [5, 5.41) is 1.00. The van der Waals surface area contributed by atoms with Gasteiger partial charge in [-0.15, -0.1) is 0 Å². The minimum atomic E-state index is -0.123. The quantitative estimate of drug-likeness (QED) is 0.719. The minimum Gasteiger partial charge on any atom is -0.378 e. The number of halogens is 1. The van der Waals surface area contributed by atoms with Gasteiger partial charge in [-0.1, -0.05) is 17.7 Å². The van der Waals surface area contributed by atoms with Gasteiger partial charge in [-0.2, -0.15) is 0 Å². The fourth-order valence-electron chi connectivity index (χ4n) is 2.95. The summed E-state index contributed by atoms with van der Waals surface area (Å²) in [4.78, 5) is 19.3. The highest BCUT2D eigenvalue weighted by molar-refractivity contribution is 6.34. The number of aromatic nitrogens is 2. The average molecular weight is 342 g/mol. The monoisotopic (exact) mass is 341 g/mol. The van der Waals surface area contributed by atoms with Crippen LogP contribution in [0.4, 0.5) is 5.69 Å². The Bertz CT molecular complexity index is 931. The molecule has 4 rings (SSSR count). The summed E-state index contributed by atoms with van der Waals surface area (Å²) in [5.41, 5.74) is 2.32. The third-order valence-electron chi connectivity index (χ3n) is 4.24. The predicted molar refractivity (Wildman–Crippen MR) is 95.4 cm³/mol. The summed E-state index contributed by atoms with van der Waals surface area (Å²) in [7, 11) is 0. The van der Waals surface area contributed by atoms with Gasteiger partial charge in [-0.25, -0.2) is 4.98 Å². The van der Waals surface area contributed by atoms with Gasteiger partial charge in [0.1, 0.15) is 6.33 Å². The third kappa shape index (κ3) is 2.66. The van der Waals surface area contributed by atoms with Crippen molar-refractivity contribution in [2.45, 2.75) is 0 Å². The Morgan fingerprint density at radius 1 is 1.00 bits per heavy atom. The summed E-state index contributed by atoms with van der Waals surface area (Å²) in [6.07, 6.45) is 1.53. The molecule has 0 bridgehead atoms. The molecule has 0 aliphatic carbocycles. The first-order valence-corrected chi connectivity index (χ1v) is 8.21. The standard InChI is InChI=1S/C18H16ClN3O2/c19-16-3-1-2-15-17(16)20-12-22(18(15)23)14-6-4-13(5-7-14)21-8-10-24-11-9-21/h1-7,12H,8-11H2. The highest BCUT2D eigenvalue weighted by Gasteiger charge is 2.12. The maximum Gasteiger partial charge on any atom is 0.265 e. The number of fused-ring (bicyclic) bond motifs is 1. The van der Waals surface area contributed by atoms with E-state index in [1.54, 1.807) is 22.8 Å². The van der Waals surface area contributed by atoms with Crippen molar-refractivity contribution in [1.29, 1.82) is 0 Å². The third-order valence-corrected chi connectivity index (χ3v) is 4.55. The maximum absolute atomic E-state index is 12.7. The molecule has 0 unspecified atom stereocenters. The Morgan fingerprint density at radius 2 is 1.71 bits per heavy atom. The van der Waals surface area contributed by atoms with Crippen molar-refractivity contribution in [3.8, 4) is 5.69 Å². The van der Waals surface area contributed by atoms with Gasteiger partial charge in [0, 0.05) is 18.8 Å². The van der Waals surface area contributed by atoms with Crippen molar-refractivity contribution in [1.82, 2.24) is 9.55 Å². The molecule has 0 radical (unpaired) electrons. The van der Waals surface area contributed by atoms with Crippen molar-refractivity contribution >= 4 is 28.2 Å². The van der Waals surface area contributed by atoms with E-state index in [9.17, 15) is 4.79 Å². The zero-order valence-electron chi connectivity index (χ0n) is 13.0. The molecule has 24 heavy (non-hydrogen) atoms. The molecule has 2 heterocycles. The molecule has 122 valence electrons. The van der Waals surface area contributed by atoms with E-state index >= 15 is 0 Å². The van der Waals surface area contributed by atoms with E-state index in [0.29, 0.717) is 15.9 Å². The number of rotatable bonds is 2. The van der Waals surface area contributed by atoms with Gasteiger partial charge in [0.2, 0.25) is 0 Å². The van der Waals surface area contributed by atoms with Crippen LogP contribution in [0.3, 0.4) is 0 Å². The molecule has 1 aliphatic heterocycles. The lowest BCUT2D eigenvalue weighted by atomic mass is 10.2. The number of hydrogen-bond donors (Lipinski definition) is 0. The van der Waals surface area contributed by atoms with E-state index in [-0.39, 0.29) is 5.56 Å². The normalized spacial score (nSPS) is 15.0. The fourth-order valence-corrected chi connectivity index (χ4v) is 3.17. The Morgan fingerprint density at radius 3 is 2.46 bits per heavy atom. The molecule has 3 aromatic rings. The second-order valence-electron chi connectivity index (χ2n) is 5.67. The van der Waals surface area contributed by atoms with Gasteiger partial charge in [0.15, 0.2) is 0 Å². The highest BCUT2D eigenvalue weighted by atomic mass is 35.5. The van der Waals surface area contributed by atoms with Crippen molar-refractivity contribution in [2.75, 3.05) is 31.2 Å². The molecule has 2 aromatic carbocycles. The molecule has 1 fully saturated rings. The number of ether oxygens (including phenoxy) is 1. The number of morpholine rings is 1. The first kappa shape index (κ1) is 15.2. The van der Waals surface area contributed by atoms with Crippen molar-refractivity contribution in [3.63, 3.8) is 0 Å². The summed E-state index contributed by atoms with van der Waals surface area (Å²) in [6.45, 7) is 3.26. The molecular formula is C18H16ClN3O2. The lowest BCUT2D eigenvalue weighted by Crippen LogP contribution is -2.36. The molecule has 0 saturated carbocycles. The number of nitrogens with zero attached hydrogens (tertiary/aromatic N) is 3. The fraction of sp³-hybridized carbons (Fsp3) is 0.222. The number of para-hydroxylation sites is 1. The molecule has 6 heteroatoms. The average Bonchev–Trinajstić information content (AvgIpc) is 2.64. The van der Waals surface area contributed by atoms with Crippen LogP contribution >= 0.6 is 11.6 Å². The van der Waals surface area contributed by atoms with E-state index in [2.05, 4.69) is 9.88 Å². The Kier molecular flexibility index (Phi) is 3.96. The van der Waals surface area contributed by atoms with E-state index in [1.807, 2.05) is 24.3 Å². The lowest BCUT2D eigenvalue weighted by Gasteiger charge is -2.28. The van der Waals surface area contributed by atoms with Crippen LogP contribution in [0, 0.1) is 0 Å². The minimum absolute atomic E-state index is 0.123. The zero-order valence-corrected chi connectivity index (χ0v) is 13.7. The van der Waals surface area contributed by atoms with Crippen molar-refractivity contribution in [2.24, 2.45) is 0 Å². The predicted octanol–water partition coefficient (Wildman–Crippen LogP) is 2.88. The van der Waals surface area contributed by atoms with Crippen LogP contribution < -0.4 is 10.5 Å². The summed E-state index contributed by atoms with van der Waals surface area (Å²) in [6, 6.07) is 13.2. The SMILES string of the molecule is O=c1c2cccc(Cl)c2ncn1-c1ccc(N2CCOCC2)cc1. The van der Waals surface area contributed by atoms with Crippen LogP contribution in [0.1, 0.15) is 0 Å². The van der Waals surface area contributed by atoms with Gasteiger partial charge < -0.3 is 9.64 Å². The van der Waals surface area contributed by atoms with Crippen LogP contribution in [0.25, 0.3) is 16.6 Å². The van der Waals surface area contributed by atoms with Gasteiger partial charge >= 0.3 is 0 Å². The summed E-state index contributed by atoms with van der Waals surface area (Å²) in [5.74, 6) is 0. The Labute approximate surface area is 144 Å². The molecule has 5 nitrogen and oxygen atoms in total. The molecule has 0 atom stereocenters. The van der Waals surface area contributed by atoms with Crippen LogP contribution in [-0.4, -0.2) is 35.9 Å². The van der Waals surface area contributed by atoms with Crippen molar-refractivity contribution < 1.29 is 4.74 Å². The molecule has 1 aromatic heterocycles. The number of benzene rings is 2. The lowest BCUT2D eigenvalue weighted by molar-refractivity contribution is 0.122. The first-order valence-electron chi connectivity index (χ1n) is 7.83. The smallest absolute Gasteiger partial charge is 0.265 e. The Balaban J connectivity index is 1.72. The van der Waals surface area contributed by atoms with Gasteiger partial charge in [0.25, 0.3) is 5.56 Å². The van der Waals surface area contributed by atoms with E-state index in [4.69, 9.17) is 16.3 Å². The van der Waals surface area contributed by atoms with Crippen LogP contribution in [-0.2, 0) is 4.74 Å². The maximum atomic E-state index is 12.7. The number of hydrogen-bond acceptors (Lipinski definition) is 4. The topological polar surface area (TPSA) is 47.4 Å². The first-order chi connectivity index (χ1) is 11.7.